The summed E-state index contributed by atoms with van der Waals surface area (Å²) < 4.78 is 5.11. The van der Waals surface area contributed by atoms with Crippen LogP contribution in [0.4, 0.5) is 0 Å². The zero-order valence-electron chi connectivity index (χ0n) is 7.15. The van der Waals surface area contributed by atoms with E-state index in [1.54, 1.807) is 0 Å². The lowest BCUT2D eigenvalue weighted by atomic mass is 10.5. The van der Waals surface area contributed by atoms with Crippen molar-refractivity contribution in [3.63, 3.8) is 0 Å². The topological polar surface area (TPSA) is 51.2 Å². The predicted molar refractivity (Wildman–Crippen MR) is 53.3 cm³/mol. The van der Waals surface area contributed by atoms with Gasteiger partial charge in [0.05, 0.1) is 12.2 Å². The van der Waals surface area contributed by atoms with E-state index in [-0.39, 0.29) is 0 Å². The van der Waals surface area contributed by atoms with Crippen LogP contribution in [0, 0.1) is 0 Å². The zero-order chi connectivity index (χ0) is 9.52. The molecule has 0 spiro atoms. The number of carbonyl (C=O) groups is 1. The molecule has 1 aromatic heterocycles. The highest BCUT2D eigenvalue weighted by molar-refractivity contribution is 7.93. The van der Waals surface area contributed by atoms with Gasteiger partial charge in [-0.1, -0.05) is 0 Å². The van der Waals surface area contributed by atoms with Crippen LogP contribution in [0.5, 0.6) is 0 Å². The summed E-state index contributed by atoms with van der Waals surface area (Å²) in [6.07, 6.45) is 2.53. The highest BCUT2D eigenvalue weighted by atomic mass is 32.2. The first-order valence-electron chi connectivity index (χ1n) is 3.62. The molecule has 13 heavy (non-hydrogen) atoms. The maximum absolute atomic E-state index is 9.99. The summed E-state index contributed by atoms with van der Waals surface area (Å²) in [5, 5.41) is 5.38. The summed E-state index contributed by atoms with van der Waals surface area (Å²) in [5.41, 5.74) is 0.905. The molecule has 0 atom stereocenters. The second-order valence-electron chi connectivity index (χ2n) is 2.16. The first kappa shape index (κ1) is 10.5. The first-order chi connectivity index (χ1) is 6.36. The number of rotatable bonds is 6. The fraction of sp³-hybridized carbons (Fsp3) is 0.429. The summed E-state index contributed by atoms with van der Waals surface area (Å²) >= 11 is 2.83. The molecule has 0 aliphatic heterocycles. The van der Waals surface area contributed by atoms with Crippen LogP contribution in [0.1, 0.15) is 10.7 Å². The Hall–Kier alpha value is -0.590. The first-order valence-corrected chi connectivity index (χ1v) is 5.65. The van der Waals surface area contributed by atoms with Crippen molar-refractivity contribution in [1.29, 1.82) is 0 Å². The fourth-order valence-corrected chi connectivity index (χ4v) is 1.71. The van der Waals surface area contributed by atoms with Crippen LogP contribution >= 0.6 is 23.4 Å². The van der Waals surface area contributed by atoms with E-state index in [0.717, 1.165) is 10.7 Å². The quantitative estimate of drug-likeness (QED) is 0.575. The molecule has 1 rings (SSSR count). The lowest BCUT2D eigenvalue weighted by Crippen LogP contribution is -2.09. The average molecular weight is 218 g/mol. The van der Waals surface area contributed by atoms with Crippen LogP contribution in [0.15, 0.2) is 5.38 Å². The molecule has 0 unspecified atom stereocenters. The monoisotopic (exact) mass is 218 g/mol. The predicted octanol–water partition coefficient (Wildman–Crippen LogP) is 1.18. The number of thiazole rings is 1. The van der Waals surface area contributed by atoms with Crippen molar-refractivity contribution < 1.29 is 8.98 Å². The van der Waals surface area contributed by atoms with Crippen molar-refractivity contribution in [2.75, 3.05) is 6.26 Å². The van der Waals surface area contributed by atoms with Crippen LogP contribution in [0.2, 0.25) is 0 Å². The third-order valence-corrected chi connectivity index (χ3v) is 2.51. The number of carbonyl (C=O) groups excluding carboxylic acids is 1. The van der Waals surface area contributed by atoms with Gasteiger partial charge in [-0.05, 0) is 12.0 Å². The number of nitrogens with zero attached hydrogens (tertiary/aromatic N) is 1. The van der Waals surface area contributed by atoms with Crippen molar-refractivity contribution in [2.24, 2.45) is 0 Å². The summed E-state index contributed by atoms with van der Waals surface area (Å²) in [4.78, 5) is 14.2. The van der Waals surface area contributed by atoms with Crippen molar-refractivity contribution >= 4 is 29.8 Å². The van der Waals surface area contributed by atoms with Gasteiger partial charge in [-0.25, -0.2) is 4.98 Å². The van der Waals surface area contributed by atoms with E-state index in [1.165, 1.54) is 23.4 Å². The number of hydrogen-bond acceptors (Lipinski definition) is 5. The van der Waals surface area contributed by atoms with Gasteiger partial charge in [-0.2, -0.15) is 0 Å². The largest absolute Gasteiger partial charge is 0.352 e. The molecule has 4 nitrogen and oxygen atoms in total. The number of amides is 1. The number of nitrogens with one attached hydrogen (secondary N) is 1. The molecular formula is C7H10N2O2S2. The highest BCUT2D eigenvalue weighted by Gasteiger charge is 2.00. The Morgan fingerprint density at radius 1 is 1.85 bits per heavy atom. The molecule has 6 heteroatoms. The van der Waals surface area contributed by atoms with Crippen LogP contribution in [-0.4, -0.2) is 17.6 Å². The second-order valence-corrected chi connectivity index (χ2v) is 3.67. The molecule has 0 aromatic carbocycles. The second kappa shape index (κ2) is 5.95. The summed E-state index contributed by atoms with van der Waals surface area (Å²) in [7, 11) is 0. The molecule has 72 valence electrons. The van der Waals surface area contributed by atoms with Gasteiger partial charge >= 0.3 is 0 Å². The molecule has 0 fully saturated rings. The highest BCUT2D eigenvalue weighted by Crippen LogP contribution is 2.11. The van der Waals surface area contributed by atoms with Gasteiger partial charge in [-0.3, -0.25) is 4.79 Å². The van der Waals surface area contributed by atoms with Crippen molar-refractivity contribution in [1.82, 2.24) is 10.3 Å². The third kappa shape index (κ3) is 3.75. The van der Waals surface area contributed by atoms with Crippen molar-refractivity contribution in [3.8, 4) is 0 Å². The molecule has 0 saturated carbocycles. The molecule has 0 bridgehead atoms. The average Bonchev–Trinajstić information content (AvgIpc) is 2.59. The Bertz CT molecular complexity index is 265. The van der Waals surface area contributed by atoms with Gasteiger partial charge < -0.3 is 9.50 Å². The van der Waals surface area contributed by atoms with Crippen LogP contribution < -0.4 is 5.32 Å². The summed E-state index contributed by atoms with van der Waals surface area (Å²) in [6.45, 7) is 1.01. The molecular weight excluding hydrogens is 208 g/mol. The minimum atomic E-state index is 0.493. The van der Waals surface area contributed by atoms with E-state index in [4.69, 9.17) is 4.18 Å². The van der Waals surface area contributed by atoms with Crippen LogP contribution in [0.25, 0.3) is 0 Å². The third-order valence-electron chi connectivity index (χ3n) is 1.26. The van der Waals surface area contributed by atoms with E-state index in [9.17, 15) is 4.79 Å². The standard InChI is InChI=1S/C7H10N2O2S2/c1-12-11-3-6-4-13-7(9-6)2-8-5-10/h4-5H,2-3H2,1H3,(H,8,10). The maximum atomic E-state index is 9.99. The van der Waals surface area contributed by atoms with Crippen LogP contribution in [0.3, 0.4) is 0 Å². The van der Waals surface area contributed by atoms with Gasteiger partial charge in [0, 0.05) is 11.6 Å². The molecule has 0 radical (unpaired) electrons. The van der Waals surface area contributed by atoms with Gasteiger partial charge in [0.1, 0.15) is 11.6 Å². The van der Waals surface area contributed by atoms with E-state index in [2.05, 4.69) is 10.3 Å². The molecule has 1 N–H and O–H groups in total. The van der Waals surface area contributed by atoms with Gasteiger partial charge in [0.25, 0.3) is 0 Å². The Balaban J connectivity index is 2.38. The van der Waals surface area contributed by atoms with E-state index < -0.39 is 0 Å². The minimum absolute atomic E-state index is 0.493. The van der Waals surface area contributed by atoms with Crippen molar-refractivity contribution in [3.05, 3.63) is 16.1 Å². The molecule has 0 aliphatic carbocycles. The Morgan fingerprint density at radius 3 is 3.38 bits per heavy atom. The minimum Gasteiger partial charge on any atom is -0.352 e. The molecule has 0 aliphatic rings. The van der Waals surface area contributed by atoms with E-state index >= 15 is 0 Å². The molecule has 1 aromatic rings. The van der Waals surface area contributed by atoms with Crippen LogP contribution in [-0.2, 0) is 22.1 Å². The SMILES string of the molecule is CSOCc1csc(CNC=O)n1. The van der Waals surface area contributed by atoms with Gasteiger partial charge in [-0.15, -0.1) is 11.3 Å². The lowest BCUT2D eigenvalue weighted by Gasteiger charge is -1.94. The zero-order valence-corrected chi connectivity index (χ0v) is 8.78. The Kier molecular flexibility index (Phi) is 4.81. The Morgan fingerprint density at radius 2 is 2.69 bits per heavy atom. The molecule has 1 heterocycles. The molecule has 0 saturated heterocycles. The Labute approximate surface area is 84.9 Å². The smallest absolute Gasteiger partial charge is 0.207 e. The van der Waals surface area contributed by atoms with Crippen molar-refractivity contribution in [2.45, 2.75) is 13.2 Å². The van der Waals surface area contributed by atoms with E-state index in [1.807, 2.05) is 11.6 Å². The fourth-order valence-electron chi connectivity index (χ4n) is 0.745. The normalized spacial score (nSPS) is 9.92. The number of aromatic nitrogens is 1. The lowest BCUT2D eigenvalue weighted by molar-refractivity contribution is -0.109. The summed E-state index contributed by atoms with van der Waals surface area (Å²) in [6, 6.07) is 0. The number of hydrogen-bond donors (Lipinski definition) is 1. The summed E-state index contributed by atoms with van der Waals surface area (Å²) in [5.74, 6) is 0. The maximum Gasteiger partial charge on any atom is 0.207 e. The molecule has 1 amide bonds. The van der Waals surface area contributed by atoms with Gasteiger partial charge in [0.2, 0.25) is 6.41 Å². The van der Waals surface area contributed by atoms with E-state index in [0.29, 0.717) is 19.6 Å². The van der Waals surface area contributed by atoms with Gasteiger partial charge in [0.15, 0.2) is 0 Å².